The number of benzene rings is 1. The zero-order chi connectivity index (χ0) is 16.2. The number of ether oxygens (including phenoxy) is 1. The van der Waals surface area contributed by atoms with Crippen LogP contribution in [-0.2, 0) is 0 Å². The van der Waals surface area contributed by atoms with E-state index in [0.717, 1.165) is 17.9 Å². The number of carbonyl (C=O) groups is 1. The van der Waals surface area contributed by atoms with Gasteiger partial charge in [0.1, 0.15) is 11.4 Å². The Kier molecular flexibility index (Phi) is 8.18. The van der Waals surface area contributed by atoms with Gasteiger partial charge in [0.05, 0.1) is 24.9 Å². The van der Waals surface area contributed by atoms with Crippen LogP contribution >= 0.6 is 24.8 Å². The third-order valence-electron chi connectivity index (χ3n) is 3.95. The SMILES string of the molecule is COc1cccc(-c2cc(C(=O)N[C@@H]3CNCC[C@H]3O)[nH]n2)c1.Cl.Cl. The molecule has 0 unspecified atom stereocenters. The number of aromatic amines is 1. The number of amides is 1. The van der Waals surface area contributed by atoms with Crippen LogP contribution < -0.4 is 15.4 Å². The molecule has 1 amide bonds. The summed E-state index contributed by atoms with van der Waals surface area (Å²) in [5, 5.41) is 22.8. The van der Waals surface area contributed by atoms with Crippen molar-refractivity contribution in [2.45, 2.75) is 18.6 Å². The van der Waals surface area contributed by atoms with Gasteiger partial charge in [0.2, 0.25) is 0 Å². The average molecular weight is 389 g/mol. The lowest BCUT2D eigenvalue weighted by Crippen LogP contribution is -2.53. The number of hydrogen-bond donors (Lipinski definition) is 4. The Bertz CT molecular complexity index is 696. The molecule has 138 valence electrons. The first-order valence-electron chi connectivity index (χ1n) is 7.57. The summed E-state index contributed by atoms with van der Waals surface area (Å²) in [7, 11) is 1.60. The Labute approximate surface area is 158 Å². The number of piperidine rings is 1. The lowest BCUT2D eigenvalue weighted by molar-refractivity contribution is 0.0751. The molecule has 2 aromatic rings. The highest BCUT2D eigenvalue weighted by molar-refractivity contribution is 5.93. The predicted molar refractivity (Wildman–Crippen MR) is 99.8 cm³/mol. The summed E-state index contributed by atoms with van der Waals surface area (Å²) in [4.78, 5) is 12.3. The Morgan fingerprint density at radius 2 is 2.16 bits per heavy atom. The number of carbonyl (C=O) groups excluding carboxylic acids is 1. The molecule has 1 aromatic heterocycles. The zero-order valence-electron chi connectivity index (χ0n) is 13.7. The first-order valence-corrected chi connectivity index (χ1v) is 7.57. The van der Waals surface area contributed by atoms with Crippen molar-refractivity contribution >= 4 is 30.7 Å². The van der Waals surface area contributed by atoms with Crippen molar-refractivity contribution in [3.05, 3.63) is 36.0 Å². The van der Waals surface area contributed by atoms with Crippen LogP contribution in [0.4, 0.5) is 0 Å². The number of methoxy groups -OCH3 is 1. The van der Waals surface area contributed by atoms with Gasteiger partial charge in [0.25, 0.3) is 5.91 Å². The molecule has 1 aliphatic heterocycles. The fourth-order valence-corrected chi connectivity index (χ4v) is 2.61. The van der Waals surface area contributed by atoms with E-state index in [1.807, 2.05) is 24.3 Å². The monoisotopic (exact) mass is 388 g/mol. The number of halogens is 2. The molecule has 3 rings (SSSR count). The van der Waals surface area contributed by atoms with E-state index >= 15 is 0 Å². The smallest absolute Gasteiger partial charge is 0.269 e. The van der Waals surface area contributed by atoms with E-state index in [1.165, 1.54) is 0 Å². The fraction of sp³-hybridized carbons (Fsp3) is 0.375. The Balaban J connectivity index is 0.00000156. The van der Waals surface area contributed by atoms with Crippen molar-refractivity contribution in [2.75, 3.05) is 20.2 Å². The first-order chi connectivity index (χ1) is 11.2. The average Bonchev–Trinajstić information content (AvgIpc) is 3.07. The van der Waals surface area contributed by atoms with E-state index in [0.29, 0.717) is 24.4 Å². The van der Waals surface area contributed by atoms with Crippen LogP contribution in [0, 0.1) is 0 Å². The van der Waals surface area contributed by atoms with Gasteiger partial charge < -0.3 is 20.5 Å². The number of nitrogens with zero attached hydrogens (tertiary/aromatic N) is 1. The normalized spacial score (nSPS) is 19.3. The molecule has 9 heteroatoms. The van der Waals surface area contributed by atoms with Crippen LogP contribution in [0.15, 0.2) is 30.3 Å². The standard InChI is InChI=1S/C16H20N4O3.2ClH/c1-23-11-4-2-3-10(7-11)12-8-13(20-19-12)16(22)18-14-9-17-6-5-15(14)21;;/h2-4,7-8,14-15,17,21H,5-6,9H2,1H3,(H,18,22)(H,19,20);2*1H/t14-,15-;;/m1../s1. The Morgan fingerprint density at radius 3 is 2.88 bits per heavy atom. The Hall–Kier alpha value is -1.80. The predicted octanol–water partition coefficient (Wildman–Crippen LogP) is 1.38. The molecule has 0 bridgehead atoms. The molecule has 0 saturated carbocycles. The molecule has 1 aromatic carbocycles. The number of rotatable bonds is 4. The number of aliphatic hydroxyl groups excluding tert-OH is 1. The molecule has 7 nitrogen and oxygen atoms in total. The van der Waals surface area contributed by atoms with Crippen molar-refractivity contribution in [3.8, 4) is 17.0 Å². The van der Waals surface area contributed by atoms with Crippen molar-refractivity contribution in [3.63, 3.8) is 0 Å². The molecule has 2 heterocycles. The van der Waals surface area contributed by atoms with E-state index in [9.17, 15) is 9.90 Å². The van der Waals surface area contributed by atoms with Gasteiger partial charge in [-0.15, -0.1) is 24.8 Å². The summed E-state index contributed by atoms with van der Waals surface area (Å²) in [6.07, 6.45) is 0.101. The van der Waals surface area contributed by atoms with Crippen LogP contribution in [0.1, 0.15) is 16.9 Å². The van der Waals surface area contributed by atoms with Crippen LogP contribution in [0.5, 0.6) is 5.75 Å². The summed E-state index contributed by atoms with van der Waals surface area (Å²) in [6, 6.07) is 8.86. The van der Waals surface area contributed by atoms with Crippen molar-refractivity contribution in [1.29, 1.82) is 0 Å². The van der Waals surface area contributed by atoms with Gasteiger partial charge in [0.15, 0.2) is 0 Å². The first kappa shape index (κ1) is 21.2. The minimum Gasteiger partial charge on any atom is -0.497 e. The fourth-order valence-electron chi connectivity index (χ4n) is 2.61. The van der Waals surface area contributed by atoms with Crippen molar-refractivity contribution in [2.24, 2.45) is 0 Å². The summed E-state index contributed by atoms with van der Waals surface area (Å²) in [5.41, 5.74) is 1.89. The minimum atomic E-state index is -0.527. The number of H-pyrrole nitrogens is 1. The molecule has 0 spiro atoms. The highest BCUT2D eigenvalue weighted by atomic mass is 35.5. The third-order valence-corrected chi connectivity index (χ3v) is 3.95. The van der Waals surface area contributed by atoms with Gasteiger partial charge in [-0.3, -0.25) is 9.89 Å². The second kappa shape index (κ2) is 9.62. The molecular weight excluding hydrogens is 367 g/mol. The van der Waals surface area contributed by atoms with E-state index in [4.69, 9.17) is 4.74 Å². The number of aliphatic hydroxyl groups is 1. The summed E-state index contributed by atoms with van der Waals surface area (Å²) < 4.78 is 5.19. The van der Waals surface area contributed by atoms with Gasteiger partial charge >= 0.3 is 0 Å². The van der Waals surface area contributed by atoms with Gasteiger partial charge in [-0.1, -0.05) is 12.1 Å². The van der Waals surface area contributed by atoms with E-state index < -0.39 is 6.10 Å². The zero-order valence-corrected chi connectivity index (χ0v) is 15.3. The molecular formula is C16H22Cl2N4O3. The lowest BCUT2D eigenvalue weighted by Gasteiger charge is -2.28. The van der Waals surface area contributed by atoms with Crippen LogP contribution in [0.25, 0.3) is 11.3 Å². The summed E-state index contributed by atoms with van der Waals surface area (Å²) in [5.74, 6) is 0.451. The molecule has 1 saturated heterocycles. The molecule has 4 N–H and O–H groups in total. The van der Waals surface area contributed by atoms with Gasteiger partial charge in [-0.05, 0) is 31.2 Å². The Morgan fingerprint density at radius 1 is 1.36 bits per heavy atom. The largest absolute Gasteiger partial charge is 0.497 e. The maximum absolute atomic E-state index is 12.3. The number of hydrogen-bond acceptors (Lipinski definition) is 5. The molecule has 1 aliphatic rings. The van der Waals surface area contributed by atoms with E-state index in [2.05, 4.69) is 20.8 Å². The lowest BCUT2D eigenvalue weighted by atomic mass is 10.0. The van der Waals surface area contributed by atoms with Gasteiger partial charge in [0, 0.05) is 12.1 Å². The molecule has 1 fully saturated rings. The van der Waals surface area contributed by atoms with Crippen molar-refractivity contribution < 1.29 is 14.6 Å². The second-order valence-electron chi connectivity index (χ2n) is 5.54. The quantitative estimate of drug-likeness (QED) is 0.633. The van der Waals surface area contributed by atoms with Gasteiger partial charge in [-0.25, -0.2) is 0 Å². The number of aromatic nitrogens is 2. The summed E-state index contributed by atoms with van der Waals surface area (Å²) in [6.45, 7) is 1.32. The maximum Gasteiger partial charge on any atom is 0.269 e. The van der Waals surface area contributed by atoms with E-state index in [1.54, 1.807) is 13.2 Å². The molecule has 0 aliphatic carbocycles. The minimum absolute atomic E-state index is 0. The van der Waals surface area contributed by atoms with Crippen LogP contribution in [-0.4, -0.2) is 53.6 Å². The highest BCUT2D eigenvalue weighted by Crippen LogP contribution is 2.22. The van der Waals surface area contributed by atoms with Crippen LogP contribution in [0.3, 0.4) is 0 Å². The summed E-state index contributed by atoms with van der Waals surface area (Å²) >= 11 is 0. The molecule has 2 atom stereocenters. The maximum atomic E-state index is 12.3. The van der Waals surface area contributed by atoms with E-state index in [-0.39, 0.29) is 36.8 Å². The second-order valence-corrected chi connectivity index (χ2v) is 5.54. The highest BCUT2D eigenvalue weighted by Gasteiger charge is 2.25. The third kappa shape index (κ3) is 5.09. The molecule has 0 radical (unpaired) electrons. The van der Waals surface area contributed by atoms with Gasteiger partial charge in [-0.2, -0.15) is 5.10 Å². The van der Waals surface area contributed by atoms with Crippen molar-refractivity contribution in [1.82, 2.24) is 20.8 Å². The molecule has 25 heavy (non-hydrogen) atoms. The topological polar surface area (TPSA) is 99.3 Å². The van der Waals surface area contributed by atoms with Crippen LogP contribution in [0.2, 0.25) is 0 Å². The number of nitrogens with one attached hydrogen (secondary N) is 3.